The number of carboxylic acids is 1. The van der Waals surface area contributed by atoms with Gasteiger partial charge in [-0.25, -0.2) is 0 Å². The highest BCUT2D eigenvalue weighted by atomic mass is 79.9. The second-order valence-corrected chi connectivity index (χ2v) is 6.38. The predicted octanol–water partition coefficient (Wildman–Crippen LogP) is 3.15. The minimum atomic E-state index is -0.842. The number of ether oxygens (including phenoxy) is 2. The SMILES string of the molecule is CCOc1c(OC)ccc(Br)c1CNC(CCSC)C(=O)O. The van der Waals surface area contributed by atoms with Crippen LogP contribution in [0.25, 0.3) is 0 Å². The van der Waals surface area contributed by atoms with Crippen LogP contribution in [0.1, 0.15) is 18.9 Å². The Morgan fingerprint density at radius 1 is 1.50 bits per heavy atom. The molecule has 0 amide bonds. The molecule has 124 valence electrons. The number of thioether (sulfide) groups is 1. The molecule has 0 spiro atoms. The number of halogens is 1. The van der Waals surface area contributed by atoms with Gasteiger partial charge in [-0.15, -0.1) is 0 Å². The van der Waals surface area contributed by atoms with Crippen molar-refractivity contribution in [2.24, 2.45) is 0 Å². The molecule has 2 N–H and O–H groups in total. The van der Waals surface area contributed by atoms with Gasteiger partial charge in [0.1, 0.15) is 6.04 Å². The number of nitrogens with one attached hydrogen (secondary N) is 1. The zero-order valence-electron chi connectivity index (χ0n) is 13.0. The highest BCUT2D eigenvalue weighted by Crippen LogP contribution is 2.36. The maximum atomic E-state index is 11.3. The van der Waals surface area contributed by atoms with Crippen LogP contribution in [0.5, 0.6) is 11.5 Å². The number of benzene rings is 1. The number of carbonyl (C=O) groups is 1. The predicted molar refractivity (Wildman–Crippen MR) is 93.1 cm³/mol. The van der Waals surface area contributed by atoms with Crippen molar-refractivity contribution in [2.75, 3.05) is 25.7 Å². The normalized spacial score (nSPS) is 12.0. The third-order valence-corrected chi connectivity index (χ3v) is 4.50. The fourth-order valence-corrected chi connectivity index (χ4v) is 2.91. The number of hydrogen-bond donors (Lipinski definition) is 2. The van der Waals surface area contributed by atoms with E-state index in [-0.39, 0.29) is 0 Å². The molecule has 1 atom stereocenters. The van der Waals surface area contributed by atoms with Crippen LogP contribution in [0, 0.1) is 0 Å². The summed E-state index contributed by atoms with van der Waals surface area (Å²) in [5.74, 6) is 1.23. The molecule has 1 aromatic rings. The van der Waals surface area contributed by atoms with Gasteiger partial charge in [-0.2, -0.15) is 11.8 Å². The molecule has 5 nitrogen and oxygen atoms in total. The lowest BCUT2D eigenvalue weighted by Gasteiger charge is -2.19. The van der Waals surface area contributed by atoms with Crippen LogP contribution in [-0.2, 0) is 11.3 Å². The van der Waals surface area contributed by atoms with Crippen LogP contribution < -0.4 is 14.8 Å². The topological polar surface area (TPSA) is 67.8 Å². The number of methoxy groups -OCH3 is 1. The third-order valence-electron chi connectivity index (χ3n) is 3.11. The van der Waals surface area contributed by atoms with Crippen molar-refractivity contribution in [3.63, 3.8) is 0 Å². The lowest BCUT2D eigenvalue weighted by molar-refractivity contribution is -0.139. The van der Waals surface area contributed by atoms with Gasteiger partial charge < -0.3 is 19.9 Å². The first-order chi connectivity index (χ1) is 10.5. The molecule has 0 aliphatic carbocycles. The fourth-order valence-electron chi connectivity index (χ4n) is 1.98. The summed E-state index contributed by atoms with van der Waals surface area (Å²) in [6.45, 7) is 2.79. The van der Waals surface area contributed by atoms with Crippen molar-refractivity contribution in [3.05, 3.63) is 22.2 Å². The summed E-state index contributed by atoms with van der Waals surface area (Å²) in [6, 6.07) is 3.11. The molecule has 0 bridgehead atoms. The summed E-state index contributed by atoms with van der Waals surface area (Å²) < 4.78 is 11.8. The second kappa shape index (κ2) is 9.97. The van der Waals surface area contributed by atoms with Gasteiger partial charge in [0.2, 0.25) is 0 Å². The van der Waals surface area contributed by atoms with Crippen LogP contribution >= 0.6 is 27.7 Å². The van der Waals surface area contributed by atoms with Crippen LogP contribution in [0.15, 0.2) is 16.6 Å². The van der Waals surface area contributed by atoms with E-state index < -0.39 is 12.0 Å². The summed E-state index contributed by atoms with van der Waals surface area (Å²) in [5, 5.41) is 12.4. The quantitative estimate of drug-likeness (QED) is 0.638. The molecule has 0 aliphatic rings. The van der Waals surface area contributed by atoms with Crippen LogP contribution in [0.4, 0.5) is 0 Å². The van der Waals surface area contributed by atoms with Crippen molar-refractivity contribution in [1.29, 1.82) is 0 Å². The summed E-state index contributed by atoms with van der Waals surface area (Å²) in [7, 11) is 1.58. The van der Waals surface area contributed by atoms with E-state index in [9.17, 15) is 9.90 Å². The molecule has 0 saturated heterocycles. The fraction of sp³-hybridized carbons (Fsp3) is 0.533. The minimum Gasteiger partial charge on any atom is -0.493 e. The smallest absolute Gasteiger partial charge is 0.320 e. The minimum absolute atomic E-state index is 0.387. The summed E-state index contributed by atoms with van der Waals surface area (Å²) in [5.41, 5.74) is 0.858. The lowest BCUT2D eigenvalue weighted by Crippen LogP contribution is -2.36. The Kier molecular flexibility index (Phi) is 8.67. The highest BCUT2D eigenvalue weighted by Gasteiger charge is 2.19. The molecule has 0 aliphatic heterocycles. The Morgan fingerprint density at radius 2 is 2.23 bits per heavy atom. The largest absolute Gasteiger partial charge is 0.493 e. The average Bonchev–Trinajstić information content (AvgIpc) is 2.49. The average molecular weight is 392 g/mol. The van der Waals surface area contributed by atoms with Crippen LogP contribution in [0.3, 0.4) is 0 Å². The Hall–Kier alpha value is -0.920. The van der Waals surface area contributed by atoms with Crippen molar-refractivity contribution in [2.45, 2.75) is 25.9 Å². The number of rotatable bonds is 10. The zero-order valence-corrected chi connectivity index (χ0v) is 15.4. The Labute approximate surface area is 143 Å². The standard InChI is InChI=1S/C15H22BrNO4S/c1-4-21-14-10(11(16)5-6-13(14)20-2)9-17-12(15(18)19)7-8-22-3/h5-6,12,17H,4,7-9H2,1-3H3,(H,18,19). The van der Waals surface area contributed by atoms with Gasteiger partial charge in [0.05, 0.1) is 13.7 Å². The zero-order chi connectivity index (χ0) is 16.5. The molecule has 0 radical (unpaired) electrons. The molecular weight excluding hydrogens is 370 g/mol. The molecule has 0 aromatic heterocycles. The molecule has 1 aromatic carbocycles. The second-order valence-electron chi connectivity index (χ2n) is 4.54. The molecule has 0 saturated carbocycles. The number of carboxylic acid groups (broad SMARTS) is 1. The third kappa shape index (κ3) is 5.37. The van der Waals surface area contributed by atoms with E-state index in [0.717, 1.165) is 15.8 Å². The van der Waals surface area contributed by atoms with E-state index in [1.54, 1.807) is 18.9 Å². The van der Waals surface area contributed by atoms with E-state index in [1.165, 1.54) is 0 Å². The van der Waals surface area contributed by atoms with E-state index in [2.05, 4.69) is 21.2 Å². The number of hydrogen-bond acceptors (Lipinski definition) is 5. The molecule has 0 fully saturated rings. The molecule has 7 heteroatoms. The first kappa shape index (κ1) is 19.1. The Bertz CT molecular complexity index is 499. The van der Waals surface area contributed by atoms with E-state index in [4.69, 9.17) is 9.47 Å². The maximum Gasteiger partial charge on any atom is 0.320 e. The number of aliphatic carboxylic acids is 1. The molecule has 22 heavy (non-hydrogen) atoms. The van der Waals surface area contributed by atoms with Gasteiger partial charge >= 0.3 is 5.97 Å². The van der Waals surface area contributed by atoms with Crippen molar-refractivity contribution in [1.82, 2.24) is 5.32 Å². The monoisotopic (exact) mass is 391 g/mol. The van der Waals surface area contributed by atoms with E-state index >= 15 is 0 Å². The lowest BCUT2D eigenvalue weighted by atomic mass is 10.1. The first-order valence-electron chi connectivity index (χ1n) is 6.98. The van der Waals surface area contributed by atoms with Crippen LogP contribution in [-0.4, -0.2) is 42.8 Å². The van der Waals surface area contributed by atoms with Gasteiger partial charge in [-0.1, -0.05) is 15.9 Å². The highest BCUT2D eigenvalue weighted by molar-refractivity contribution is 9.10. The summed E-state index contributed by atoms with van der Waals surface area (Å²) in [6.07, 6.45) is 2.53. The Morgan fingerprint density at radius 3 is 2.77 bits per heavy atom. The molecule has 1 unspecified atom stereocenters. The molecule has 0 heterocycles. The van der Waals surface area contributed by atoms with Gasteiger partial charge in [0, 0.05) is 16.6 Å². The Balaban J connectivity index is 2.93. The van der Waals surface area contributed by atoms with Gasteiger partial charge in [-0.05, 0) is 37.5 Å². The van der Waals surface area contributed by atoms with Crippen molar-refractivity contribution >= 4 is 33.7 Å². The van der Waals surface area contributed by atoms with Crippen molar-refractivity contribution in [3.8, 4) is 11.5 Å². The van der Waals surface area contributed by atoms with Crippen LogP contribution in [0.2, 0.25) is 0 Å². The van der Waals surface area contributed by atoms with E-state index in [0.29, 0.717) is 31.1 Å². The van der Waals surface area contributed by atoms with E-state index in [1.807, 2.05) is 25.3 Å². The van der Waals surface area contributed by atoms with Crippen molar-refractivity contribution < 1.29 is 19.4 Å². The molecular formula is C15H22BrNO4S. The summed E-state index contributed by atoms with van der Waals surface area (Å²) in [4.78, 5) is 11.3. The molecule has 1 rings (SSSR count). The summed E-state index contributed by atoms with van der Waals surface area (Å²) >= 11 is 5.13. The first-order valence-corrected chi connectivity index (χ1v) is 9.17. The maximum absolute atomic E-state index is 11.3. The van der Waals surface area contributed by atoms with Gasteiger partial charge in [0.15, 0.2) is 11.5 Å². The van der Waals surface area contributed by atoms with Gasteiger partial charge in [-0.3, -0.25) is 4.79 Å². The van der Waals surface area contributed by atoms with Gasteiger partial charge in [0.25, 0.3) is 0 Å².